The van der Waals surface area contributed by atoms with Crippen LogP contribution in [0, 0.1) is 10.1 Å². The molecule has 0 radical (unpaired) electrons. The number of halogens is 13. The Labute approximate surface area is 184 Å². The monoisotopic (exact) mass is 543 g/mol. The van der Waals surface area contributed by atoms with Gasteiger partial charge in [-0.25, -0.2) is 0 Å². The Kier molecular flexibility index (Phi) is 7.90. The number of aldehydes is 1. The Morgan fingerprint density at radius 2 is 1.31 bits per heavy atom. The van der Waals surface area contributed by atoms with Gasteiger partial charge in [0, 0.05) is 6.07 Å². The number of methoxy groups -OCH3 is 1. The smallest absolute Gasteiger partial charge is 0.460 e. The molecule has 6 nitrogen and oxygen atoms in total. The molecule has 0 bridgehead atoms. The first-order valence-corrected chi connectivity index (χ1v) is 8.43. The summed E-state index contributed by atoms with van der Waals surface area (Å²) in [7, 11) is 0.842. The third kappa shape index (κ3) is 4.89. The highest BCUT2D eigenvalue weighted by atomic mass is 19.4. The van der Waals surface area contributed by atoms with Crippen LogP contribution in [0.3, 0.4) is 0 Å². The number of benzene rings is 1. The van der Waals surface area contributed by atoms with E-state index in [0.717, 1.165) is 7.11 Å². The minimum absolute atomic E-state index is 0.0574. The third-order valence-corrected chi connectivity index (χ3v) is 4.31. The average Bonchev–Trinajstić information content (AvgIpc) is 2.71. The lowest BCUT2D eigenvalue weighted by molar-refractivity contribution is -0.440. The highest BCUT2D eigenvalue weighted by molar-refractivity contribution is 5.83. The van der Waals surface area contributed by atoms with Crippen LogP contribution in [-0.2, 0) is 0 Å². The van der Waals surface area contributed by atoms with Crippen molar-refractivity contribution in [3.8, 4) is 11.5 Å². The molecule has 0 fully saturated rings. The van der Waals surface area contributed by atoms with Gasteiger partial charge in [-0.15, -0.1) is 0 Å². The van der Waals surface area contributed by atoms with Gasteiger partial charge in [0.15, 0.2) is 17.8 Å². The van der Waals surface area contributed by atoms with E-state index in [9.17, 15) is 72.0 Å². The fraction of sp³-hybridized carbons (Fsp3) is 0.562. The lowest BCUT2D eigenvalue weighted by Crippen LogP contribution is -2.70. The molecule has 1 aromatic carbocycles. The normalized spacial score (nSPS) is 14.0. The number of carbonyl (C=O) groups excluding carboxylic acids is 1. The van der Waals surface area contributed by atoms with E-state index < -0.39 is 76.5 Å². The number of hydrogen-bond donors (Lipinski definition) is 0. The molecule has 0 amide bonds. The predicted molar refractivity (Wildman–Crippen MR) is 85.9 cm³/mol. The van der Waals surface area contributed by atoms with Crippen molar-refractivity contribution >= 4 is 12.0 Å². The fourth-order valence-electron chi connectivity index (χ4n) is 2.34. The van der Waals surface area contributed by atoms with Crippen LogP contribution in [-0.4, -0.2) is 60.7 Å². The topological polar surface area (TPSA) is 78.7 Å². The highest BCUT2D eigenvalue weighted by Gasteiger charge is 2.90. The van der Waals surface area contributed by atoms with Crippen LogP contribution >= 0.6 is 0 Å². The van der Waals surface area contributed by atoms with E-state index in [0.29, 0.717) is 12.1 Å². The summed E-state index contributed by atoms with van der Waals surface area (Å²) in [5.74, 6) is -39.2. The number of nitro benzene ring substituents is 1. The highest BCUT2D eigenvalue weighted by Crippen LogP contribution is 2.60. The van der Waals surface area contributed by atoms with Gasteiger partial charge in [0.2, 0.25) is 0 Å². The molecule has 0 unspecified atom stereocenters. The Balaban J connectivity index is 3.27. The van der Waals surface area contributed by atoms with Crippen molar-refractivity contribution in [2.24, 2.45) is 0 Å². The number of nitro groups is 1. The van der Waals surface area contributed by atoms with Gasteiger partial charge in [0.25, 0.3) is 5.69 Å². The lowest BCUT2D eigenvalue weighted by atomic mass is 9.93. The van der Waals surface area contributed by atoms with E-state index in [2.05, 4.69) is 9.47 Å². The fourth-order valence-corrected chi connectivity index (χ4v) is 2.34. The summed E-state index contributed by atoms with van der Waals surface area (Å²) in [6.07, 6.45) is -10.3. The molecule has 0 aliphatic heterocycles. The van der Waals surface area contributed by atoms with Crippen molar-refractivity contribution in [1.29, 1.82) is 0 Å². The maximum absolute atomic E-state index is 13.8. The Bertz CT molecular complexity index is 962. The number of ether oxygens (including phenoxy) is 2. The molecule has 0 atom stereocenters. The average molecular weight is 543 g/mol. The summed E-state index contributed by atoms with van der Waals surface area (Å²) >= 11 is 0. The van der Waals surface area contributed by atoms with Crippen molar-refractivity contribution in [3.63, 3.8) is 0 Å². The van der Waals surface area contributed by atoms with Crippen LogP contribution in [0.5, 0.6) is 11.5 Å². The van der Waals surface area contributed by atoms with Crippen LogP contribution < -0.4 is 9.47 Å². The van der Waals surface area contributed by atoms with Crippen LogP contribution in [0.2, 0.25) is 0 Å². The molecule has 0 saturated heterocycles. The molecular formula is C16H10F13NO5. The second-order valence-electron chi connectivity index (χ2n) is 6.54. The van der Waals surface area contributed by atoms with E-state index in [1.165, 1.54) is 0 Å². The second-order valence-corrected chi connectivity index (χ2v) is 6.54. The molecule has 1 rings (SSSR count). The van der Waals surface area contributed by atoms with Gasteiger partial charge in [-0.1, -0.05) is 0 Å². The summed E-state index contributed by atoms with van der Waals surface area (Å²) in [5.41, 5.74) is -1.68. The molecule has 200 valence electrons. The first kappa shape index (κ1) is 30.0. The zero-order valence-corrected chi connectivity index (χ0v) is 16.5. The molecule has 35 heavy (non-hydrogen) atoms. The van der Waals surface area contributed by atoms with E-state index in [1.807, 2.05) is 0 Å². The van der Waals surface area contributed by atoms with Crippen molar-refractivity contribution in [1.82, 2.24) is 0 Å². The molecular weight excluding hydrogens is 533 g/mol. The minimum Gasteiger partial charge on any atom is -0.493 e. The predicted octanol–water partition coefficient (Wildman–Crippen LogP) is 5.92. The van der Waals surface area contributed by atoms with Gasteiger partial charge in [0.1, 0.15) is 0 Å². The third-order valence-electron chi connectivity index (χ3n) is 4.31. The number of alkyl halides is 13. The standard InChI is InChI=1S/C16H10F13NO5/c1-34-9-4-7(6-31)8(30(32)33)5-10(9)35-3-2-11(17,18)12(19,20)13(21,22)14(23,24)15(25,26)16(27,28)29/h4-6H,2-3H2,1H3. The zero-order valence-electron chi connectivity index (χ0n) is 16.5. The number of nitrogens with zero attached hydrogens (tertiary/aromatic N) is 1. The van der Waals surface area contributed by atoms with E-state index in [1.54, 1.807) is 0 Å². The molecule has 0 aliphatic rings. The lowest BCUT2D eigenvalue weighted by Gasteiger charge is -2.39. The van der Waals surface area contributed by atoms with Gasteiger partial charge in [-0.3, -0.25) is 14.9 Å². The van der Waals surface area contributed by atoms with Crippen LogP contribution in [0.1, 0.15) is 16.8 Å². The van der Waals surface area contributed by atoms with Crippen LogP contribution in [0.15, 0.2) is 12.1 Å². The molecule has 0 N–H and O–H groups in total. The Morgan fingerprint density at radius 1 is 0.829 bits per heavy atom. The minimum atomic E-state index is -8.03. The maximum Gasteiger partial charge on any atom is 0.460 e. The number of carbonyl (C=O) groups is 1. The second kappa shape index (κ2) is 9.21. The van der Waals surface area contributed by atoms with Gasteiger partial charge in [-0.05, 0) is 0 Å². The van der Waals surface area contributed by atoms with Gasteiger partial charge in [-0.2, -0.15) is 57.1 Å². The van der Waals surface area contributed by atoms with E-state index in [-0.39, 0.29) is 6.29 Å². The molecule has 0 spiro atoms. The first-order valence-electron chi connectivity index (χ1n) is 8.43. The first-order chi connectivity index (χ1) is 15.5. The quantitative estimate of drug-likeness (QED) is 0.150. The summed E-state index contributed by atoms with van der Waals surface area (Å²) in [4.78, 5) is 20.5. The zero-order chi connectivity index (χ0) is 27.8. The molecule has 19 heteroatoms. The van der Waals surface area contributed by atoms with Crippen molar-refractivity contribution in [2.45, 2.75) is 42.2 Å². The summed E-state index contributed by atoms with van der Waals surface area (Å²) in [5, 5.41) is 10.9. The van der Waals surface area contributed by atoms with Gasteiger partial charge >= 0.3 is 35.8 Å². The molecule has 0 heterocycles. The van der Waals surface area contributed by atoms with Gasteiger partial charge < -0.3 is 9.47 Å². The largest absolute Gasteiger partial charge is 0.493 e. The number of rotatable bonds is 11. The van der Waals surface area contributed by atoms with Gasteiger partial charge in [0.05, 0.1) is 36.7 Å². The Hall–Kier alpha value is -3.02. The maximum atomic E-state index is 13.8. The van der Waals surface area contributed by atoms with Crippen LogP contribution in [0.4, 0.5) is 62.8 Å². The van der Waals surface area contributed by atoms with Crippen LogP contribution in [0.25, 0.3) is 0 Å². The van der Waals surface area contributed by atoms with Crippen molar-refractivity contribution in [3.05, 3.63) is 27.8 Å². The molecule has 0 aromatic heterocycles. The summed E-state index contributed by atoms with van der Waals surface area (Å²) in [6, 6.07) is 0.965. The van der Waals surface area contributed by atoms with E-state index >= 15 is 0 Å². The summed E-state index contributed by atoms with van der Waals surface area (Å²) in [6.45, 7) is -1.85. The summed E-state index contributed by atoms with van der Waals surface area (Å²) < 4.78 is 179. The SMILES string of the molecule is COc1cc(C=O)c([N+](=O)[O-])cc1OCCC(F)(F)C(F)(F)C(F)(F)C(F)(F)C(F)(F)C(F)(F)F. The van der Waals surface area contributed by atoms with Crippen molar-refractivity contribution < 1.29 is 76.3 Å². The molecule has 0 aliphatic carbocycles. The number of hydrogen-bond acceptors (Lipinski definition) is 5. The Morgan fingerprint density at radius 3 is 1.71 bits per heavy atom. The van der Waals surface area contributed by atoms with E-state index in [4.69, 9.17) is 0 Å². The van der Waals surface area contributed by atoms with Crippen molar-refractivity contribution in [2.75, 3.05) is 13.7 Å². The molecule has 0 saturated carbocycles. The molecule has 1 aromatic rings.